The summed E-state index contributed by atoms with van der Waals surface area (Å²) in [4.78, 5) is 0. The van der Waals surface area contributed by atoms with Gasteiger partial charge < -0.3 is 0 Å². The van der Waals surface area contributed by atoms with Crippen molar-refractivity contribution in [2.24, 2.45) is 0 Å². The van der Waals surface area contributed by atoms with Crippen LogP contribution in [0.3, 0.4) is 0 Å². The third-order valence-electron chi connectivity index (χ3n) is 7.63. The molecule has 2 aliphatic rings. The Balaban J connectivity index is 2.49. The molecule has 0 heterocycles. The van der Waals surface area contributed by atoms with E-state index in [4.69, 9.17) is 0 Å². The van der Waals surface area contributed by atoms with E-state index in [1.807, 2.05) is 0 Å². The number of aliphatic hydroxyl groups is 2. The first-order valence-corrected chi connectivity index (χ1v) is 24.4. The molecule has 31 heavy (non-hydrogen) atoms. The van der Waals surface area contributed by atoms with E-state index in [9.17, 15) is 10.2 Å². The molecular weight excluding hydrogens is 503 g/mol. The molecule has 178 valence electrons. The van der Waals surface area contributed by atoms with Crippen molar-refractivity contribution in [2.45, 2.75) is 130 Å². The van der Waals surface area contributed by atoms with Gasteiger partial charge in [-0.1, -0.05) is 0 Å². The van der Waals surface area contributed by atoms with Gasteiger partial charge in [0.15, 0.2) is 0 Å². The van der Waals surface area contributed by atoms with E-state index in [1.165, 1.54) is 57.0 Å². The molecule has 0 bridgehead atoms. The predicted octanol–water partition coefficient (Wildman–Crippen LogP) is 7.71. The van der Waals surface area contributed by atoms with E-state index in [1.54, 1.807) is 0 Å². The van der Waals surface area contributed by atoms with Gasteiger partial charge in [-0.15, -0.1) is 0 Å². The number of hydrogen-bond donors (Lipinski definition) is 2. The Morgan fingerprint density at radius 3 is 2.06 bits per heavy atom. The molecule has 0 aliphatic heterocycles. The molecular formula is C27H50O2SiSn. The Hall–Kier alpha value is 0.156. The van der Waals surface area contributed by atoms with Crippen LogP contribution in [0.15, 0.2) is 32.6 Å². The molecule has 0 radical (unpaired) electrons. The summed E-state index contributed by atoms with van der Waals surface area (Å²) in [6, 6.07) is 0. The van der Waals surface area contributed by atoms with E-state index in [0.29, 0.717) is 6.42 Å². The zero-order valence-corrected chi connectivity index (χ0v) is 25.3. The standard InChI is InChI=1S/C15H23O2Si.3C4H9.Sn/c1-5-12(18(2,3)4)13-11-9-7-6-8-10-15(11,17)14(13)16;3*1-3-4-2;/h1,5,9,14,16-17H,6-8,10H2,2-4H3;3*1,3-4H2,2H3;/b5-1?,13-12-;;;;/t14-,15+;;;;/m0..../s1. The van der Waals surface area contributed by atoms with Gasteiger partial charge in [0.05, 0.1) is 0 Å². The van der Waals surface area contributed by atoms with E-state index < -0.39 is 38.2 Å². The van der Waals surface area contributed by atoms with Gasteiger partial charge in [0.1, 0.15) is 0 Å². The van der Waals surface area contributed by atoms with Gasteiger partial charge >= 0.3 is 199 Å². The molecule has 1 fully saturated rings. The molecule has 0 aromatic rings. The third-order valence-corrected chi connectivity index (χ3v) is 23.7. The number of allylic oxidation sites excluding steroid dienone is 3. The fraction of sp³-hybridized carbons (Fsp3) is 0.778. The summed E-state index contributed by atoms with van der Waals surface area (Å²) in [6.45, 7) is 14.2. The molecule has 2 rings (SSSR count). The van der Waals surface area contributed by atoms with Crippen molar-refractivity contribution in [1.82, 2.24) is 0 Å². The molecule has 2 nitrogen and oxygen atoms in total. The van der Waals surface area contributed by atoms with Crippen LogP contribution in [0.1, 0.15) is 85.0 Å². The van der Waals surface area contributed by atoms with E-state index in [2.05, 4.69) is 56.7 Å². The first-order valence-electron chi connectivity index (χ1n) is 13.2. The molecule has 1 saturated carbocycles. The van der Waals surface area contributed by atoms with E-state index >= 15 is 0 Å². The fourth-order valence-corrected chi connectivity index (χ4v) is 21.8. The van der Waals surface area contributed by atoms with Crippen LogP contribution in [0.2, 0.25) is 33.0 Å². The van der Waals surface area contributed by atoms with Crippen molar-refractivity contribution in [3.63, 3.8) is 0 Å². The number of unbranched alkanes of at least 4 members (excludes halogenated alkanes) is 3. The second-order valence-corrected chi connectivity index (χ2v) is 29.3. The quantitative estimate of drug-likeness (QED) is 0.243. The van der Waals surface area contributed by atoms with Crippen LogP contribution in [-0.4, -0.2) is 48.4 Å². The monoisotopic (exact) mass is 554 g/mol. The van der Waals surface area contributed by atoms with Crippen LogP contribution in [0.25, 0.3) is 0 Å². The minimum atomic E-state index is -2.39. The number of aliphatic hydroxyl groups excluding tert-OH is 1. The van der Waals surface area contributed by atoms with Crippen molar-refractivity contribution in [3.8, 4) is 0 Å². The van der Waals surface area contributed by atoms with Gasteiger partial charge in [0.2, 0.25) is 0 Å². The molecule has 4 heteroatoms. The van der Waals surface area contributed by atoms with Crippen LogP contribution in [0, 0.1) is 0 Å². The van der Waals surface area contributed by atoms with Crippen LogP contribution >= 0.6 is 0 Å². The topological polar surface area (TPSA) is 40.5 Å². The Morgan fingerprint density at radius 2 is 1.58 bits per heavy atom. The maximum atomic E-state index is 11.2. The predicted molar refractivity (Wildman–Crippen MR) is 142 cm³/mol. The molecule has 0 aromatic carbocycles. The zero-order chi connectivity index (χ0) is 23.1. The minimum absolute atomic E-state index is 0.699. The summed E-state index contributed by atoms with van der Waals surface area (Å²) in [5.74, 6) is 0. The van der Waals surface area contributed by atoms with Gasteiger partial charge in [-0.2, -0.15) is 0 Å². The molecule has 2 N–H and O–H groups in total. The van der Waals surface area contributed by atoms with Crippen molar-refractivity contribution in [1.29, 1.82) is 0 Å². The Bertz CT molecular complexity index is 651. The molecule has 2 atom stereocenters. The number of hydrogen-bond acceptors (Lipinski definition) is 2. The van der Waals surface area contributed by atoms with Crippen LogP contribution in [0.4, 0.5) is 0 Å². The average Bonchev–Trinajstić information content (AvgIpc) is 2.90. The van der Waals surface area contributed by atoms with Gasteiger partial charge in [0, 0.05) is 0 Å². The summed E-state index contributed by atoms with van der Waals surface area (Å²) in [5, 5.41) is 23.7. The Kier molecular flexibility index (Phi) is 10.6. The first kappa shape index (κ1) is 27.4. The van der Waals surface area contributed by atoms with Crippen LogP contribution in [0.5, 0.6) is 0 Å². The average molecular weight is 553 g/mol. The first-order chi connectivity index (χ1) is 14.6. The summed E-state index contributed by atoms with van der Waals surface area (Å²) in [7, 11) is -1.67. The van der Waals surface area contributed by atoms with Crippen molar-refractivity contribution in [2.75, 3.05) is 0 Å². The molecule has 0 aromatic heterocycles. The SMILES string of the molecule is CCC[CH2][Sn](/[CH]=C/C(=C1\C2=CCCCC[C@]2(O)[C@H]1O)[Si](C)(C)C)([CH2]CCC)[CH2]CCC. The van der Waals surface area contributed by atoms with Gasteiger partial charge in [-0.3, -0.25) is 0 Å². The van der Waals surface area contributed by atoms with Crippen molar-refractivity contribution < 1.29 is 10.2 Å². The molecule has 0 spiro atoms. The maximum absolute atomic E-state index is 11.2. The number of rotatable bonds is 12. The molecule has 0 amide bonds. The molecule has 2 aliphatic carbocycles. The zero-order valence-electron chi connectivity index (χ0n) is 21.4. The van der Waals surface area contributed by atoms with Crippen LogP contribution in [-0.2, 0) is 0 Å². The van der Waals surface area contributed by atoms with Gasteiger partial charge in [-0.25, -0.2) is 0 Å². The van der Waals surface area contributed by atoms with E-state index in [0.717, 1.165) is 30.4 Å². The molecule has 0 saturated heterocycles. The Morgan fingerprint density at radius 1 is 1.03 bits per heavy atom. The summed E-state index contributed by atoms with van der Waals surface area (Å²) in [6.07, 6.45) is 15.9. The van der Waals surface area contributed by atoms with E-state index in [-0.39, 0.29) is 0 Å². The van der Waals surface area contributed by atoms with Crippen molar-refractivity contribution >= 4 is 26.5 Å². The third kappa shape index (κ3) is 6.61. The molecule has 0 unspecified atom stereocenters. The van der Waals surface area contributed by atoms with Crippen LogP contribution < -0.4 is 0 Å². The van der Waals surface area contributed by atoms with Gasteiger partial charge in [-0.05, 0) is 0 Å². The second kappa shape index (κ2) is 12.0. The normalized spacial score (nSPS) is 26.3. The number of fused-ring (bicyclic) bond motifs is 1. The van der Waals surface area contributed by atoms with Gasteiger partial charge in [0.25, 0.3) is 0 Å². The second-order valence-electron chi connectivity index (χ2n) is 11.3. The summed E-state index contributed by atoms with van der Waals surface area (Å²) >= 11 is -2.39. The Labute approximate surface area is 198 Å². The summed E-state index contributed by atoms with van der Waals surface area (Å²) < 4.78 is 7.19. The fourth-order valence-electron chi connectivity index (χ4n) is 5.54. The summed E-state index contributed by atoms with van der Waals surface area (Å²) in [5.41, 5.74) is 1.18. The van der Waals surface area contributed by atoms with Crippen molar-refractivity contribution in [3.05, 3.63) is 32.6 Å².